The molecule has 0 bridgehead atoms. The van der Waals surface area contributed by atoms with E-state index in [-0.39, 0.29) is 11.7 Å². The molecule has 0 aliphatic carbocycles. The van der Waals surface area contributed by atoms with Crippen molar-refractivity contribution in [2.24, 2.45) is 0 Å². The van der Waals surface area contributed by atoms with Gasteiger partial charge in [-0.2, -0.15) is 0 Å². The van der Waals surface area contributed by atoms with Crippen LogP contribution < -0.4 is 39.9 Å². The number of aryl methyl sites for hydroxylation is 1. The van der Waals surface area contributed by atoms with Gasteiger partial charge in [-0.3, -0.25) is 14.9 Å². The van der Waals surface area contributed by atoms with Gasteiger partial charge >= 0.3 is 5.97 Å². The topological polar surface area (TPSA) is 159 Å². The van der Waals surface area contributed by atoms with E-state index in [1.807, 2.05) is 79.1 Å². The highest BCUT2D eigenvalue weighted by Gasteiger charge is 2.50. The number of hydrogen-bond donors (Lipinski definition) is 2. The second kappa shape index (κ2) is 14.9. The molecule has 0 saturated heterocycles. The molecule has 2 N–H and O–H groups in total. The molecule has 0 saturated carbocycles. The van der Waals surface area contributed by atoms with Crippen molar-refractivity contribution in [3.05, 3.63) is 137 Å². The van der Waals surface area contributed by atoms with Gasteiger partial charge in [-0.25, -0.2) is 18.6 Å². The number of carboxylic acid groups (broad SMARTS) is 1. The predicted molar refractivity (Wildman–Crippen MR) is 152 cm³/mol. The zero-order valence-corrected chi connectivity index (χ0v) is 24.4. The van der Waals surface area contributed by atoms with Crippen LogP contribution in [0.2, 0.25) is 0 Å². The Bertz CT molecular complexity index is 1350. The number of carbonyl (C=O) groups is 2. The molecule has 4 rings (SSSR count). The molecule has 4 aromatic carbocycles. The van der Waals surface area contributed by atoms with Crippen LogP contribution >= 0.6 is 19.0 Å². The molecule has 41 heavy (non-hydrogen) atoms. The zero-order valence-electron chi connectivity index (χ0n) is 21.9. The Morgan fingerprint density at radius 3 is 1.51 bits per heavy atom. The highest BCUT2D eigenvalue weighted by atomic mass is 35.7. The maximum Gasteiger partial charge on any atom is 0.313 e. The summed E-state index contributed by atoms with van der Waals surface area (Å²) in [6.07, 6.45) is 0. The molecule has 0 aliphatic rings. The molecule has 8 nitrogen and oxygen atoms in total. The highest BCUT2D eigenvalue weighted by molar-refractivity contribution is 8.04. The van der Waals surface area contributed by atoms with Crippen molar-refractivity contribution in [3.63, 3.8) is 0 Å². The fourth-order valence-electron chi connectivity index (χ4n) is 4.10. The molecule has 11 heteroatoms. The summed E-state index contributed by atoms with van der Waals surface area (Å²) in [5.41, 5.74) is 2.31. The summed E-state index contributed by atoms with van der Waals surface area (Å²) in [5, 5.41) is 17.6. The molecule has 0 heterocycles. The average molecular weight is 612 g/mol. The lowest BCUT2D eigenvalue weighted by atomic mass is 10.1. The van der Waals surface area contributed by atoms with Crippen LogP contribution in [0, 0.1) is 17.2 Å². The number of carboxylic acids is 1. The van der Waals surface area contributed by atoms with Gasteiger partial charge in [0.1, 0.15) is 15.9 Å². The third-order valence-corrected chi connectivity index (χ3v) is 10.9. The first kappa shape index (κ1) is 32.0. The van der Waals surface area contributed by atoms with Crippen molar-refractivity contribution in [1.82, 2.24) is 5.32 Å². The second-order valence-electron chi connectivity index (χ2n) is 8.58. The Kier molecular flexibility index (Phi) is 11.6. The molecule has 212 valence electrons. The van der Waals surface area contributed by atoms with E-state index in [4.69, 9.17) is 18.6 Å². The number of halogens is 1. The number of rotatable bonds is 9. The van der Waals surface area contributed by atoms with Gasteiger partial charge in [-0.1, -0.05) is 72.3 Å². The van der Waals surface area contributed by atoms with Gasteiger partial charge in [0.2, 0.25) is 0 Å². The van der Waals surface area contributed by atoms with Gasteiger partial charge in [-0.05, 0) is 55.5 Å². The van der Waals surface area contributed by atoms with Crippen LogP contribution in [-0.4, -0.2) is 22.7 Å². The predicted octanol–water partition coefficient (Wildman–Crippen LogP) is 0.580. The van der Waals surface area contributed by atoms with Crippen LogP contribution in [0.3, 0.4) is 0 Å². The monoisotopic (exact) mass is 611 g/mol. The molecule has 0 fully saturated rings. The van der Waals surface area contributed by atoms with Crippen LogP contribution in [0.25, 0.3) is 0 Å². The van der Waals surface area contributed by atoms with Gasteiger partial charge < -0.3 is 5.11 Å². The third kappa shape index (κ3) is 9.24. The van der Waals surface area contributed by atoms with Gasteiger partial charge in [0.05, 0.1) is 5.75 Å². The van der Waals surface area contributed by atoms with Crippen LogP contribution in [0.1, 0.15) is 15.9 Å². The Labute approximate surface area is 245 Å². The minimum Gasteiger partial charge on any atom is -0.481 e. The lowest BCUT2D eigenvalue weighted by molar-refractivity contribution is -2.00. The van der Waals surface area contributed by atoms with E-state index in [0.29, 0.717) is 11.0 Å². The molecule has 0 unspecified atom stereocenters. The average Bonchev–Trinajstić information content (AvgIpc) is 2.94. The van der Waals surface area contributed by atoms with Gasteiger partial charge in [0.25, 0.3) is 5.91 Å². The van der Waals surface area contributed by atoms with Gasteiger partial charge in [0.15, 0.2) is 12.7 Å². The van der Waals surface area contributed by atoms with E-state index in [1.54, 1.807) is 12.1 Å². The summed E-state index contributed by atoms with van der Waals surface area (Å²) in [5.74, 6) is -1.25. The van der Waals surface area contributed by atoms with Crippen molar-refractivity contribution in [1.29, 1.82) is 0 Å². The summed E-state index contributed by atoms with van der Waals surface area (Å²) in [6, 6.07) is 37.9. The molecule has 0 aliphatic heterocycles. The number of amides is 1. The standard InChI is InChI=1S/C30H26NO3PS.ClHO4/c1-23-17-19-24(20-18-23)30(34)31-28(21-36-22-29(32)33)35(25-11-5-2-6-12-25,26-13-7-3-8-14-26)27-15-9-4-10-16-27;2-1(3,4)5/h2-21H,22H2,1H3,(H-,31,32,33,34);(H,2,3,4,5)/b28-21+;. The summed E-state index contributed by atoms with van der Waals surface area (Å²) in [6.45, 7) is 1.98. The van der Waals surface area contributed by atoms with Crippen LogP contribution in [-0.2, 0) is 4.79 Å². The lowest BCUT2D eigenvalue weighted by Gasteiger charge is -2.29. The van der Waals surface area contributed by atoms with E-state index < -0.39 is 23.5 Å². The van der Waals surface area contributed by atoms with Crippen molar-refractivity contribution in [3.8, 4) is 0 Å². The smallest absolute Gasteiger partial charge is 0.313 e. The highest BCUT2D eigenvalue weighted by Crippen LogP contribution is 2.61. The summed E-state index contributed by atoms with van der Waals surface area (Å²) < 4.78 is 34.0. The normalized spacial score (nSPS) is 11.7. The Hall–Kier alpha value is -3.53. The Balaban J connectivity index is 0.000000850. The number of nitrogens with one attached hydrogen (secondary N) is 1. The third-order valence-electron chi connectivity index (χ3n) is 5.75. The van der Waals surface area contributed by atoms with Gasteiger partial charge in [-0.15, -0.1) is 22.0 Å². The molecular weight excluding hydrogens is 585 g/mol. The van der Waals surface area contributed by atoms with E-state index in [9.17, 15) is 14.7 Å². The molecule has 1 amide bonds. The Morgan fingerprint density at radius 1 is 0.756 bits per heavy atom. The first-order valence-corrected chi connectivity index (χ1v) is 16.2. The fraction of sp³-hybridized carbons (Fsp3) is 0.0667. The zero-order chi connectivity index (χ0) is 29.9. The minimum atomic E-state index is -4.94. The summed E-state index contributed by atoms with van der Waals surface area (Å²) in [7, 11) is -7.54. The molecule has 0 radical (unpaired) electrons. The van der Waals surface area contributed by atoms with Gasteiger partial charge in [0, 0.05) is 11.0 Å². The number of benzene rings is 4. The van der Waals surface area contributed by atoms with Crippen molar-refractivity contribution in [2.75, 3.05) is 5.75 Å². The molecular formula is C30H27ClNO7PS. The number of carbonyl (C=O) groups excluding carboxylic acids is 1. The molecule has 0 aromatic heterocycles. The first-order chi connectivity index (χ1) is 19.5. The quantitative estimate of drug-likeness (QED) is 0.260. The molecule has 0 spiro atoms. The summed E-state index contributed by atoms with van der Waals surface area (Å²) >= 11 is 1.17. The van der Waals surface area contributed by atoms with Crippen molar-refractivity contribution >= 4 is 46.8 Å². The van der Waals surface area contributed by atoms with Crippen LogP contribution in [0.15, 0.2) is 126 Å². The van der Waals surface area contributed by atoms with Crippen LogP contribution in [0.4, 0.5) is 0 Å². The molecule has 0 atom stereocenters. The lowest BCUT2D eigenvalue weighted by Crippen LogP contribution is -2.68. The molecule has 4 aromatic rings. The SMILES string of the molecule is Cc1ccc(C(=O)N/C(=C\SCC(=O)O)[P+](c2ccccc2)(c2ccccc2)c2ccccc2)cc1.[O-][Cl+3]([O-])([O-])[O-]. The first-order valence-electron chi connectivity index (χ1n) is 12.1. The van der Waals surface area contributed by atoms with E-state index in [0.717, 1.165) is 21.5 Å². The van der Waals surface area contributed by atoms with Crippen molar-refractivity contribution < 1.29 is 43.6 Å². The number of aliphatic carboxylic acids is 1. The maximum absolute atomic E-state index is 13.5. The maximum atomic E-state index is 13.5. The minimum absolute atomic E-state index is 0.109. The number of hydrogen-bond acceptors (Lipinski definition) is 7. The van der Waals surface area contributed by atoms with E-state index in [2.05, 4.69) is 41.7 Å². The second-order valence-corrected chi connectivity index (χ2v) is 13.6. The Morgan fingerprint density at radius 2 is 1.15 bits per heavy atom. The fourth-order valence-corrected chi connectivity index (χ4v) is 9.25. The van der Waals surface area contributed by atoms with E-state index in [1.165, 1.54) is 11.8 Å². The van der Waals surface area contributed by atoms with Crippen LogP contribution in [0.5, 0.6) is 0 Å². The largest absolute Gasteiger partial charge is 0.481 e. The summed E-state index contributed by atoms with van der Waals surface area (Å²) in [4.78, 5) is 24.9. The van der Waals surface area contributed by atoms with Crippen molar-refractivity contribution in [2.45, 2.75) is 6.92 Å². The number of thioether (sulfide) groups is 1. The van der Waals surface area contributed by atoms with E-state index >= 15 is 0 Å².